The van der Waals surface area contributed by atoms with Gasteiger partial charge in [-0.15, -0.1) is 0 Å². The van der Waals surface area contributed by atoms with Crippen LogP contribution in [0.3, 0.4) is 0 Å². The van der Waals surface area contributed by atoms with Gasteiger partial charge in [-0.25, -0.2) is 18.1 Å². The highest BCUT2D eigenvalue weighted by atomic mass is 32.2. The highest BCUT2D eigenvalue weighted by Gasteiger charge is 2.48. The monoisotopic (exact) mass is 243 g/mol. The van der Waals surface area contributed by atoms with Gasteiger partial charge < -0.3 is 4.98 Å². The van der Waals surface area contributed by atoms with E-state index in [0.29, 0.717) is 12.2 Å². The molecule has 1 heterocycles. The van der Waals surface area contributed by atoms with Crippen LogP contribution in [0, 0.1) is 5.41 Å². The summed E-state index contributed by atoms with van der Waals surface area (Å²) in [5, 5.41) is 0.159. The van der Waals surface area contributed by atoms with Crippen LogP contribution < -0.4 is 4.72 Å². The molecule has 0 bridgehead atoms. The lowest BCUT2D eigenvalue weighted by Crippen LogP contribution is -2.28. The molecule has 1 fully saturated rings. The molecule has 0 amide bonds. The van der Waals surface area contributed by atoms with Crippen molar-refractivity contribution in [2.24, 2.45) is 5.41 Å². The summed E-state index contributed by atoms with van der Waals surface area (Å²) in [5.41, 5.74) is 0.0840. The van der Waals surface area contributed by atoms with Gasteiger partial charge in [0.25, 0.3) is 10.0 Å². The first kappa shape index (κ1) is 11.6. The number of aromatic amines is 1. The number of hydrogen-bond donors (Lipinski definition) is 2. The van der Waals surface area contributed by atoms with Crippen LogP contribution in [0.15, 0.2) is 11.2 Å². The lowest BCUT2D eigenvalue weighted by atomic mass is 10.2. The maximum absolute atomic E-state index is 11.9. The summed E-state index contributed by atoms with van der Waals surface area (Å²) in [4.78, 5) is 6.79. The smallest absolute Gasteiger partial charge is 0.257 e. The molecule has 90 valence electrons. The lowest BCUT2D eigenvalue weighted by molar-refractivity contribution is 0.552. The van der Waals surface area contributed by atoms with Crippen molar-refractivity contribution in [3.8, 4) is 0 Å². The van der Waals surface area contributed by atoms with Crippen LogP contribution in [-0.4, -0.2) is 24.4 Å². The standard InChI is InChI=1S/C10H17N3O2S/c1-4-8-11-6-9(12-8)16(14,15)13-7-5-10(7,2)3/h6-7,13H,4-5H2,1-3H3,(H,11,12). The number of nitrogens with one attached hydrogen (secondary N) is 2. The number of rotatable bonds is 4. The molecule has 0 radical (unpaired) electrons. The Balaban J connectivity index is 2.13. The van der Waals surface area contributed by atoms with Crippen LogP contribution in [0.1, 0.15) is 33.0 Å². The van der Waals surface area contributed by atoms with E-state index in [1.165, 1.54) is 6.20 Å². The van der Waals surface area contributed by atoms with Crippen LogP contribution in [0.2, 0.25) is 0 Å². The molecule has 1 unspecified atom stereocenters. The number of sulfonamides is 1. The van der Waals surface area contributed by atoms with Gasteiger partial charge in [0, 0.05) is 12.5 Å². The molecule has 1 aromatic heterocycles. The molecule has 6 heteroatoms. The number of aryl methyl sites for hydroxylation is 1. The molecule has 0 aliphatic heterocycles. The summed E-state index contributed by atoms with van der Waals surface area (Å²) in [7, 11) is -3.43. The van der Waals surface area contributed by atoms with Gasteiger partial charge in [-0.05, 0) is 11.8 Å². The second-order valence-electron chi connectivity index (χ2n) is 4.91. The first-order chi connectivity index (χ1) is 7.35. The SMILES string of the molecule is CCc1ncc(S(=O)(=O)NC2CC2(C)C)[nH]1. The molecule has 0 spiro atoms. The van der Waals surface area contributed by atoms with Crippen LogP contribution in [0.4, 0.5) is 0 Å². The second-order valence-corrected chi connectivity index (χ2v) is 6.60. The Kier molecular flexibility index (Phi) is 2.58. The summed E-state index contributed by atoms with van der Waals surface area (Å²) in [6.45, 7) is 6.02. The molecule has 16 heavy (non-hydrogen) atoms. The Hall–Kier alpha value is -0.880. The minimum absolute atomic E-state index is 0.0471. The average Bonchev–Trinajstić information content (AvgIpc) is 2.68. The zero-order valence-corrected chi connectivity index (χ0v) is 10.6. The predicted octanol–water partition coefficient (Wildman–Crippen LogP) is 1.05. The van der Waals surface area contributed by atoms with Gasteiger partial charge in [0.2, 0.25) is 0 Å². The fraction of sp³-hybridized carbons (Fsp3) is 0.700. The summed E-state index contributed by atoms with van der Waals surface area (Å²) in [6.07, 6.45) is 2.96. The normalized spacial score (nSPS) is 23.3. The van der Waals surface area contributed by atoms with E-state index in [2.05, 4.69) is 14.7 Å². The molecular formula is C10H17N3O2S. The number of imidazole rings is 1. The van der Waals surface area contributed by atoms with Crippen molar-refractivity contribution in [1.82, 2.24) is 14.7 Å². The van der Waals surface area contributed by atoms with Crippen molar-refractivity contribution in [3.05, 3.63) is 12.0 Å². The van der Waals surface area contributed by atoms with Crippen LogP contribution in [0.25, 0.3) is 0 Å². The van der Waals surface area contributed by atoms with Crippen molar-refractivity contribution < 1.29 is 8.42 Å². The molecule has 1 aliphatic carbocycles. The molecule has 2 rings (SSSR count). The Morgan fingerprint density at radius 1 is 1.62 bits per heavy atom. The highest BCUT2D eigenvalue weighted by molar-refractivity contribution is 7.89. The van der Waals surface area contributed by atoms with Crippen molar-refractivity contribution in [1.29, 1.82) is 0 Å². The summed E-state index contributed by atoms with van der Waals surface area (Å²) in [6, 6.07) is 0.0471. The number of hydrogen-bond acceptors (Lipinski definition) is 3. The van der Waals surface area contributed by atoms with Crippen molar-refractivity contribution in [2.75, 3.05) is 0 Å². The van der Waals surface area contributed by atoms with Gasteiger partial charge in [0.15, 0.2) is 5.03 Å². The molecule has 0 saturated heterocycles. The van der Waals surface area contributed by atoms with Crippen molar-refractivity contribution in [3.63, 3.8) is 0 Å². The van der Waals surface area contributed by atoms with Crippen LogP contribution >= 0.6 is 0 Å². The van der Waals surface area contributed by atoms with E-state index in [4.69, 9.17) is 0 Å². The molecule has 2 N–H and O–H groups in total. The number of nitrogens with zero attached hydrogens (tertiary/aromatic N) is 1. The van der Waals surface area contributed by atoms with Crippen LogP contribution in [-0.2, 0) is 16.4 Å². The van der Waals surface area contributed by atoms with E-state index >= 15 is 0 Å². The molecule has 1 aliphatic rings. The van der Waals surface area contributed by atoms with Gasteiger partial charge >= 0.3 is 0 Å². The predicted molar refractivity (Wildman–Crippen MR) is 60.5 cm³/mol. The number of aromatic nitrogens is 2. The fourth-order valence-corrected chi connectivity index (χ4v) is 2.93. The summed E-state index contributed by atoms with van der Waals surface area (Å²) < 4.78 is 26.5. The van der Waals surface area contributed by atoms with Gasteiger partial charge in [-0.1, -0.05) is 20.8 Å². The third-order valence-corrected chi connectivity index (χ3v) is 4.42. The topological polar surface area (TPSA) is 74.8 Å². The Labute approximate surface area is 95.7 Å². The van der Waals surface area contributed by atoms with E-state index in [9.17, 15) is 8.42 Å². The first-order valence-electron chi connectivity index (χ1n) is 5.41. The summed E-state index contributed by atoms with van der Waals surface area (Å²) >= 11 is 0. The maximum Gasteiger partial charge on any atom is 0.257 e. The van der Waals surface area contributed by atoms with Gasteiger partial charge in [-0.3, -0.25) is 0 Å². The molecule has 0 aromatic carbocycles. The third-order valence-electron chi connectivity index (χ3n) is 3.04. The quantitative estimate of drug-likeness (QED) is 0.830. The van der Waals surface area contributed by atoms with Crippen molar-refractivity contribution in [2.45, 2.75) is 44.7 Å². The Morgan fingerprint density at radius 3 is 2.69 bits per heavy atom. The average molecular weight is 243 g/mol. The maximum atomic E-state index is 11.9. The highest BCUT2D eigenvalue weighted by Crippen LogP contribution is 2.45. The van der Waals surface area contributed by atoms with E-state index in [1.54, 1.807) is 0 Å². The minimum atomic E-state index is -3.43. The van der Waals surface area contributed by atoms with Gasteiger partial charge in [-0.2, -0.15) is 0 Å². The van der Waals surface area contributed by atoms with Gasteiger partial charge in [0.1, 0.15) is 5.82 Å². The first-order valence-corrected chi connectivity index (χ1v) is 6.90. The fourth-order valence-electron chi connectivity index (χ4n) is 1.58. The van der Waals surface area contributed by atoms with E-state index < -0.39 is 10.0 Å². The lowest BCUT2D eigenvalue weighted by Gasteiger charge is -2.05. The molecule has 1 saturated carbocycles. The largest absolute Gasteiger partial charge is 0.332 e. The Bertz CT molecular complexity index is 490. The molecule has 1 aromatic rings. The minimum Gasteiger partial charge on any atom is -0.332 e. The molecular weight excluding hydrogens is 226 g/mol. The van der Waals surface area contributed by atoms with Crippen molar-refractivity contribution >= 4 is 10.0 Å². The zero-order valence-electron chi connectivity index (χ0n) is 9.74. The van der Waals surface area contributed by atoms with E-state index in [-0.39, 0.29) is 16.5 Å². The molecule has 1 atom stereocenters. The van der Waals surface area contributed by atoms with E-state index in [1.807, 2.05) is 20.8 Å². The summed E-state index contributed by atoms with van der Waals surface area (Å²) in [5.74, 6) is 0.690. The third kappa shape index (κ3) is 2.12. The Morgan fingerprint density at radius 2 is 2.25 bits per heavy atom. The van der Waals surface area contributed by atoms with Crippen LogP contribution in [0.5, 0.6) is 0 Å². The zero-order chi connectivity index (χ0) is 12.0. The molecule has 5 nitrogen and oxygen atoms in total. The number of H-pyrrole nitrogens is 1. The second kappa shape index (κ2) is 3.56. The van der Waals surface area contributed by atoms with Gasteiger partial charge in [0.05, 0.1) is 6.20 Å². The van der Waals surface area contributed by atoms with E-state index in [0.717, 1.165) is 6.42 Å².